The van der Waals surface area contributed by atoms with Crippen LogP contribution >= 0.6 is 34.5 Å². The second-order valence-electron chi connectivity index (χ2n) is 4.98. The van der Waals surface area contributed by atoms with Crippen molar-refractivity contribution in [1.82, 2.24) is 5.43 Å². The Bertz CT molecular complexity index is 716. The molecule has 1 aromatic heterocycles. The van der Waals surface area contributed by atoms with Crippen molar-refractivity contribution < 1.29 is 9.53 Å². The van der Waals surface area contributed by atoms with Gasteiger partial charge in [-0.1, -0.05) is 30.1 Å². The van der Waals surface area contributed by atoms with Crippen molar-refractivity contribution in [2.75, 3.05) is 6.61 Å². The summed E-state index contributed by atoms with van der Waals surface area (Å²) in [4.78, 5) is 14.0. The van der Waals surface area contributed by atoms with Gasteiger partial charge in [0.15, 0.2) is 0 Å². The van der Waals surface area contributed by atoms with Gasteiger partial charge in [-0.05, 0) is 43.2 Å². The number of halogens is 2. The van der Waals surface area contributed by atoms with Gasteiger partial charge in [0.05, 0.1) is 17.8 Å². The lowest BCUT2D eigenvalue weighted by atomic mass is 10.3. The molecule has 1 amide bonds. The summed E-state index contributed by atoms with van der Waals surface area (Å²) in [6.07, 6.45) is 3.56. The molecule has 128 valence electrons. The van der Waals surface area contributed by atoms with Crippen LogP contribution in [0.3, 0.4) is 0 Å². The molecule has 0 unspecified atom stereocenters. The molecule has 0 fully saturated rings. The van der Waals surface area contributed by atoms with Crippen molar-refractivity contribution in [2.24, 2.45) is 5.10 Å². The number of benzene rings is 1. The Morgan fingerprint density at radius 3 is 2.88 bits per heavy atom. The first kappa shape index (κ1) is 18.8. The normalized spacial score (nSPS) is 11.0. The smallest absolute Gasteiger partial charge is 0.240 e. The van der Waals surface area contributed by atoms with E-state index in [9.17, 15) is 4.79 Å². The summed E-state index contributed by atoms with van der Waals surface area (Å²) in [5.74, 6) is 0.410. The topological polar surface area (TPSA) is 50.7 Å². The molecule has 0 saturated heterocycles. The van der Waals surface area contributed by atoms with Crippen LogP contribution in [0.25, 0.3) is 0 Å². The average molecular weight is 385 g/mol. The minimum absolute atomic E-state index is 0.149. The Morgan fingerprint density at radius 2 is 2.17 bits per heavy atom. The summed E-state index contributed by atoms with van der Waals surface area (Å²) in [7, 11) is 0. The molecule has 0 aliphatic carbocycles. The SMILES string of the molecule is CCc1ccc(C=NNC(=O)CCCOc2ccc(Cl)cc2Cl)s1. The lowest BCUT2D eigenvalue weighted by Gasteiger charge is -2.07. The highest BCUT2D eigenvalue weighted by Gasteiger charge is 2.04. The molecule has 0 spiro atoms. The third kappa shape index (κ3) is 6.15. The van der Waals surface area contributed by atoms with E-state index in [4.69, 9.17) is 27.9 Å². The molecule has 0 bridgehead atoms. The van der Waals surface area contributed by atoms with Gasteiger partial charge >= 0.3 is 0 Å². The first-order valence-corrected chi connectivity index (χ1v) is 9.14. The fraction of sp³-hybridized carbons (Fsp3) is 0.294. The van der Waals surface area contributed by atoms with Crippen LogP contribution in [0.15, 0.2) is 35.4 Å². The van der Waals surface area contributed by atoms with Crippen molar-refractivity contribution in [3.05, 3.63) is 50.1 Å². The third-order valence-electron chi connectivity index (χ3n) is 3.11. The van der Waals surface area contributed by atoms with Crippen molar-refractivity contribution >= 4 is 46.7 Å². The van der Waals surface area contributed by atoms with Gasteiger partial charge in [0.1, 0.15) is 5.75 Å². The molecule has 24 heavy (non-hydrogen) atoms. The molecule has 0 saturated carbocycles. The van der Waals surface area contributed by atoms with Crippen molar-refractivity contribution in [3.8, 4) is 5.75 Å². The Kier molecular flexibility index (Phi) is 7.56. The van der Waals surface area contributed by atoms with Crippen LogP contribution in [-0.4, -0.2) is 18.7 Å². The van der Waals surface area contributed by atoms with Gasteiger partial charge in [0, 0.05) is 21.2 Å². The van der Waals surface area contributed by atoms with Crippen LogP contribution in [0, 0.1) is 0 Å². The van der Waals surface area contributed by atoms with Crippen LogP contribution in [0.2, 0.25) is 10.0 Å². The molecule has 0 atom stereocenters. The fourth-order valence-electron chi connectivity index (χ4n) is 1.88. The Balaban J connectivity index is 1.66. The van der Waals surface area contributed by atoms with E-state index < -0.39 is 0 Å². The quantitative estimate of drug-likeness (QED) is 0.398. The second-order valence-corrected chi connectivity index (χ2v) is 7.02. The predicted molar refractivity (Wildman–Crippen MR) is 101 cm³/mol. The number of carbonyl (C=O) groups excluding carboxylic acids is 1. The summed E-state index contributed by atoms with van der Waals surface area (Å²) in [6.45, 7) is 2.50. The number of ether oxygens (including phenoxy) is 1. The number of carbonyl (C=O) groups is 1. The number of hydrazone groups is 1. The largest absolute Gasteiger partial charge is 0.492 e. The maximum Gasteiger partial charge on any atom is 0.240 e. The molecule has 1 heterocycles. The van der Waals surface area contributed by atoms with Crippen LogP contribution in [0.4, 0.5) is 0 Å². The van der Waals surface area contributed by atoms with E-state index in [2.05, 4.69) is 23.5 Å². The number of hydrogen-bond acceptors (Lipinski definition) is 4. The fourth-order valence-corrected chi connectivity index (χ4v) is 3.17. The molecule has 7 heteroatoms. The van der Waals surface area contributed by atoms with Crippen LogP contribution in [-0.2, 0) is 11.2 Å². The highest BCUT2D eigenvalue weighted by Crippen LogP contribution is 2.27. The minimum atomic E-state index is -0.149. The van der Waals surface area contributed by atoms with Crippen LogP contribution in [0.5, 0.6) is 5.75 Å². The molecular weight excluding hydrogens is 367 g/mol. The Hall–Kier alpha value is -1.56. The van der Waals surface area contributed by atoms with Gasteiger partial charge in [0.2, 0.25) is 5.91 Å². The van der Waals surface area contributed by atoms with Gasteiger partial charge in [-0.25, -0.2) is 5.43 Å². The molecule has 0 aliphatic rings. The summed E-state index contributed by atoms with van der Waals surface area (Å²) in [6, 6.07) is 9.09. The molecule has 0 radical (unpaired) electrons. The Labute approximate surface area is 155 Å². The molecular formula is C17H18Cl2N2O2S. The van der Waals surface area contributed by atoms with Gasteiger partial charge in [-0.3, -0.25) is 4.79 Å². The number of hydrogen-bond donors (Lipinski definition) is 1. The van der Waals surface area contributed by atoms with E-state index in [1.165, 1.54) is 4.88 Å². The van der Waals surface area contributed by atoms with Crippen molar-refractivity contribution in [2.45, 2.75) is 26.2 Å². The van der Waals surface area contributed by atoms with Gasteiger partial charge in [-0.15, -0.1) is 11.3 Å². The van der Waals surface area contributed by atoms with Gasteiger partial charge in [-0.2, -0.15) is 5.10 Å². The van der Waals surface area contributed by atoms with Gasteiger partial charge in [0.25, 0.3) is 0 Å². The maximum atomic E-state index is 11.7. The highest BCUT2D eigenvalue weighted by molar-refractivity contribution is 7.13. The number of aryl methyl sites for hydroxylation is 1. The molecule has 2 rings (SSSR count). The number of thiophene rings is 1. The molecule has 2 aromatic rings. The van der Waals surface area contributed by atoms with E-state index in [-0.39, 0.29) is 5.91 Å². The molecule has 1 N–H and O–H groups in total. The van der Waals surface area contributed by atoms with Crippen molar-refractivity contribution in [1.29, 1.82) is 0 Å². The van der Waals surface area contributed by atoms with E-state index in [1.807, 2.05) is 6.07 Å². The number of rotatable bonds is 8. The standard InChI is InChI=1S/C17H18Cl2N2O2S/c1-2-13-6-7-14(24-13)11-20-21-17(22)4-3-9-23-16-8-5-12(18)10-15(16)19/h5-8,10-11H,2-4,9H2,1H3,(H,21,22). The maximum absolute atomic E-state index is 11.7. The Morgan fingerprint density at radius 1 is 1.33 bits per heavy atom. The number of nitrogens with one attached hydrogen (secondary N) is 1. The molecule has 4 nitrogen and oxygen atoms in total. The zero-order valence-corrected chi connectivity index (χ0v) is 15.5. The molecule has 0 aliphatic heterocycles. The summed E-state index contributed by atoms with van der Waals surface area (Å²) < 4.78 is 5.52. The first-order valence-electron chi connectivity index (χ1n) is 7.57. The van der Waals surface area contributed by atoms with Gasteiger partial charge < -0.3 is 4.74 Å². The average Bonchev–Trinajstić information content (AvgIpc) is 3.01. The molecule has 1 aromatic carbocycles. The zero-order valence-electron chi connectivity index (χ0n) is 13.2. The monoisotopic (exact) mass is 384 g/mol. The lowest BCUT2D eigenvalue weighted by molar-refractivity contribution is -0.121. The highest BCUT2D eigenvalue weighted by atomic mass is 35.5. The minimum Gasteiger partial charge on any atom is -0.492 e. The van der Waals surface area contributed by atoms with E-state index in [0.717, 1.165) is 11.3 Å². The summed E-state index contributed by atoms with van der Waals surface area (Å²) >= 11 is 13.5. The second kappa shape index (κ2) is 9.67. The lowest BCUT2D eigenvalue weighted by Crippen LogP contribution is -2.17. The number of amides is 1. The van der Waals surface area contributed by atoms with Crippen LogP contribution < -0.4 is 10.2 Å². The van der Waals surface area contributed by atoms with Crippen LogP contribution in [0.1, 0.15) is 29.5 Å². The zero-order chi connectivity index (χ0) is 17.4. The van der Waals surface area contributed by atoms with E-state index in [0.29, 0.717) is 35.2 Å². The summed E-state index contributed by atoms with van der Waals surface area (Å²) in [5.41, 5.74) is 2.51. The third-order valence-corrected chi connectivity index (χ3v) is 4.81. The number of nitrogens with zero attached hydrogens (tertiary/aromatic N) is 1. The van der Waals surface area contributed by atoms with E-state index in [1.54, 1.807) is 35.8 Å². The summed E-state index contributed by atoms with van der Waals surface area (Å²) in [5, 5.41) is 4.97. The van der Waals surface area contributed by atoms with Crippen molar-refractivity contribution in [3.63, 3.8) is 0 Å². The predicted octanol–water partition coefficient (Wildman–Crippen LogP) is 4.93. The van der Waals surface area contributed by atoms with E-state index >= 15 is 0 Å². The first-order chi connectivity index (χ1) is 11.6.